The summed E-state index contributed by atoms with van der Waals surface area (Å²) in [5.74, 6) is 0.635. The minimum atomic E-state index is -0.169. The van der Waals surface area contributed by atoms with Crippen molar-refractivity contribution in [1.29, 1.82) is 0 Å². The third-order valence-corrected chi connectivity index (χ3v) is 6.04. The lowest BCUT2D eigenvalue weighted by atomic mass is 10.2. The molecule has 0 spiro atoms. The Morgan fingerprint density at radius 1 is 1.03 bits per heavy atom. The van der Waals surface area contributed by atoms with Crippen LogP contribution >= 0.6 is 0 Å². The second-order valence-electron chi connectivity index (χ2n) is 8.37. The minimum Gasteiger partial charge on any atom is -0.423 e. The number of hydrogen-bond donors (Lipinski definition) is 1. The van der Waals surface area contributed by atoms with Crippen LogP contribution in [0.15, 0.2) is 63.9 Å². The predicted molar refractivity (Wildman–Crippen MR) is 126 cm³/mol. The molecule has 0 radical (unpaired) electrons. The average Bonchev–Trinajstić information content (AvgIpc) is 3.44. The number of nitrogens with zero attached hydrogens (tertiary/aromatic N) is 6. The molecule has 4 heterocycles. The van der Waals surface area contributed by atoms with Gasteiger partial charge in [0.05, 0.1) is 18.4 Å². The number of benzene rings is 2. The number of aromatic amines is 1. The SMILES string of the molecule is Cc1ccc2oc(N3CCN(Cc4nc5c(cnn5-c5ccccc5)c(=O)[nH]4)CC3)nc2c1. The van der Waals surface area contributed by atoms with Crippen molar-refractivity contribution >= 4 is 28.1 Å². The molecule has 1 N–H and O–H groups in total. The van der Waals surface area contributed by atoms with Crippen molar-refractivity contribution in [2.45, 2.75) is 13.5 Å². The maximum atomic E-state index is 12.6. The lowest BCUT2D eigenvalue weighted by Crippen LogP contribution is -2.46. The van der Waals surface area contributed by atoms with Crippen LogP contribution in [-0.2, 0) is 6.54 Å². The number of H-pyrrole nitrogens is 1. The van der Waals surface area contributed by atoms with Gasteiger partial charge in [-0.2, -0.15) is 10.1 Å². The molecule has 0 saturated carbocycles. The second-order valence-corrected chi connectivity index (χ2v) is 8.37. The minimum absolute atomic E-state index is 0.169. The number of anilines is 1. The molecule has 166 valence electrons. The van der Waals surface area contributed by atoms with Crippen LogP contribution in [0, 0.1) is 6.92 Å². The van der Waals surface area contributed by atoms with E-state index in [1.807, 2.05) is 48.5 Å². The Labute approximate surface area is 189 Å². The largest absolute Gasteiger partial charge is 0.423 e. The van der Waals surface area contributed by atoms with Gasteiger partial charge in [-0.3, -0.25) is 9.69 Å². The first-order valence-electron chi connectivity index (χ1n) is 11.0. The van der Waals surface area contributed by atoms with Crippen LogP contribution in [0.1, 0.15) is 11.4 Å². The molecule has 1 aliphatic heterocycles. The topological polar surface area (TPSA) is 96.1 Å². The highest BCUT2D eigenvalue weighted by Crippen LogP contribution is 2.24. The standard InChI is InChI=1S/C24H23N7O2/c1-16-7-8-20-19(13-16)26-24(33-20)30-11-9-29(10-12-30)15-21-27-22-18(23(32)28-21)14-25-31(22)17-5-3-2-4-6-17/h2-8,13-14H,9-12,15H2,1H3,(H,27,28,32). The van der Waals surface area contributed by atoms with E-state index in [9.17, 15) is 4.79 Å². The van der Waals surface area contributed by atoms with Gasteiger partial charge in [-0.05, 0) is 36.8 Å². The number of rotatable bonds is 4. The highest BCUT2D eigenvalue weighted by molar-refractivity contribution is 5.76. The van der Waals surface area contributed by atoms with Gasteiger partial charge in [-0.15, -0.1) is 0 Å². The summed E-state index contributed by atoms with van der Waals surface area (Å²) >= 11 is 0. The molecule has 0 amide bonds. The molecule has 6 rings (SSSR count). The Bertz CT molecular complexity index is 1490. The van der Waals surface area contributed by atoms with E-state index in [-0.39, 0.29) is 5.56 Å². The maximum absolute atomic E-state index is 12.6. The van der Waals surface area contributed by atoms with E-state index in [1.54, 1.807) is 10.9 Å². The zero-order chi connectivity index (χ0) is 22.4. The number of oxazole rings is 1. The quantitative estimate of drug-likeness (QED) is 0.458. The summed E-state index contributed by atoms with van der Waals surface area (Å²) in [7, 11) is 0. The van der Waals surface area contributed by atoms with Crippen LogP contribution in [0.3, 0.4) is 0 Å². The number of fused-ring (bicyclic) bond motifs is 2. The van der Waals surface area contributed by atoms with Crippen LogP contribution in [-0.4, -0.2) is 55.8 Å². The molecule has 1 saturated heterocycles. The molecule has 0 bridgehead atoms. The van der Waals surface area contributed by atoms with E-state index in [2.05, 4.69) is 31.8 Å². The van der Waals surface area contributed by atoms with E-state index < -0.39 is 0 Å². The number of nitrogens with one attached hydrogen (secondary N) is 1. The normalized spacial score (nSPS) is 15.0. The smallest absolute Gasteiger partial charge is 0.298 e. The van der Waals surface area contributed by atoms with Crippen molar-refractivity contribution < 1.29 is 4.42 Å². The monoisotopic (exact) mass is 441 g/mol. The van der Waals surface area contributed by atoms with Crippen LogP contribution in [0.2, 0.25) is 0 Å². The van der Waals surface area contributed by atoms with E-state index in [0.29, 0.717) is 29.4 Å². The lowest BCUT2D eigenvalue weighted by molar-refractivity contribution is 0.240. The maximum Gasteiger partial charge on any atom is 0.298 e. The van der Waals surface area contributed by atoms with Crippen molar-refractivity contribution in [2.24, 2.45) is 0 Å². The Kier molecular flexibility index (Phi) is 4.69. The Morgan fingerprint density at radius 2 is 1.85 bits per heavy atom. The van der Waals surface area contributed by atoms with E-state index >= 15 is 0 Å². The second kappa shape index (κ2) is 7.86. The first-order chi connectivity index (χ1) is 16.1. The molecule has 5 aromatic rings. The molecule has 33 heavy (non-hydrogen) atoms. The van der Waals surface area contributed by atoms with Crippen LogP contribution in [0.4, 0.5) is 6.01 Å². The van der Waals surface area contributed by atoms with Gasteiger partial charge in [0.2, 0.25) is 0 Å². The summed E-state index contributed by atoms with van der Waals surface area (Å²) < 4.78 is 7.66. The number of piperazine rings is 1. The summed E-state index contributed by atoms with van der Waals surface area (Å²) in [6.45, 7) is 5.83. The van der Waals surface area contributed by atoms with E-state index in [0.717, 1.165) is 43.0 Å². The van der Waals surface area contributed by atoms with Crippen LogP contribution in [0.5, 0.6) is 0 Å². The fraction of sp³-hybridized carbons (Fsp3) is 0.250. The summed E-state index contributed by atoms with van der Waals surface area (Å²) in [4.78, 5) is 29.4. The van der Waals surface area contributed by atoms with Gasteiger partial charge in [0.15, 0.2) is 11.2 Å². The van der Waals surface area contributed by atoms with E-state index in [1.165, 1.54) is 5.56 Å². The summed E-state index contributed by atoms with van der Waals surface area (Å²) in [5, 5.41) is 4.86. The Balaban J connectivity index is 1.19. The average molecular weight is 441 g/mol. The van der Waals surface area contributed by atoms with Gasteiger partial charge < -0.3 is 14.3 Å². The zero-order valence-corrected chi connectivity index (χ0v) is 18.2. The number of hydrogen-bond acceptors (Lipinski definition) is 7. The predicted octanol–water partition coefficient (Wildman–Crippen LogP) is 2.88. The Morgan fingerprint density at radius 3 is 2.67 bits per heavy atom. The molecule has 0 aliphatic carbocycles. The molecule has 1 fully saturated rings. The van der Waals surface area contributed by atoms with Gasteiger partial charge >= 0.3 is 0 Å². The molecule has 1 aliphatic rings. The van der Waals surface area contributed by atoms with Crippen molar-refractivity contribution in [1.82, 2.24) is 29.6 Å². The summed E-state index contributed by atoms with van der Waals surface area (Å²) in [6.07, 6.45) is 1.57. The van der Waals surface area contributed by atoms with Crippen LogP contribution < -0.4 is 10.5 Å². The van der Waals surface area contributed by atoms with Gasteiger partial charge in [-0.25, -0.2) is 9.67 Å². The molecule has 9 nitrogen and oxygen atoms in total. The van der Waals surface area contributed by atoms with Gasteiger partial charge in [0.25, 0.3) is 11.6 Å². The van der Waals surface area contributed by atoms with Gasteiger partial charge in [0.1, 0.15) is 16.7 Å². The van der Waals surface area contributed by atoms with Crippen molar-refractivity contribution in [3.8, 4) is 5.69 Å². The zero-order valence-electron chi connectivity index (χ0n) is 18.2. The van der Waals surface area contributed by atoms with Crippen molar-refractivity contribution in [3.63, 3.8) is 0 Å². The molecule has 9 heteroatoms. The van der Waals surface area contributed by atoms with Crippen molar-refractivity contribution in [3.05, 3.63) is 76.5 Å². The fourth-order valence-electron chi connectivity index (χ4n) is 4.27. The third-order valence-electron chi connectivity index (χ3n) is 6.04. The van der Waals surface area contributed by atoms with Crippen molar-refractivity contribution in [2.75, 3.05) is 31.1 Å². The number of para-hydroxylation sites is 1. The fourth-order valence-corrected chi connectivity index (χ4v) is 4.27. The molecule has 2 aromatic carbocycles. The number of aryl methyl sites for hydroxylation is 1. The molecular formula is C24H23N7O2. The van der Waals surface area contributed by atoms with E-state index in [4.69, 9.17) is 9.40 Å². The molecule has 0 unspecified atom stereocenters. The molecular weight excluding hydrogens is 418 g/mol. The molecule has 0 atom stereocenters. The lowest BCUT2D eigenvalue weighted by Gasteiger charge is -2.33. The Hall–Kier alpha value is -3.98. The summed E-state index contributed by atoms with van der Waals surface area (Å²) in [6, 6.07) is 16.4. The third kappa shape index (κ3) is 3.66. The highest BCUT2D eigenvalue weighted by Gasteiger charge is 2.22. The van der Waals surface area contributed by atoms with Crippen LogP contribution in [0.25, 0.3) is 27.8 Å². The van der Waals surface area contributed by atoms with Gasteiger partial charge in [0, 0.05) is 26.2 Å². The first-order valence-corrected chi connectivity index (χ1v) is 11.0. The number of aromatic nitrogens is 5. The first kappa shape index (κ1) is 19.7. The molecule has 3 aromatic heterocycles. The summed E-state index contributed by atoms with van der Waals surface area (Å²) in [5.41, 5.74) is 4.14. The van der Waals surface area contributed by atoms with Gasteiger partial charge in [-0.1, -0.05) is 24.3 Å². The highest BCUT2D eigenvalue weighted by atomic mass is 16.4.